The van der Waals surface area contributed by atoms with E-state index in [1.807, 2.05) is 24.3 Å². The van der Waals surface area contributed by atoms with Crippen LogP contribution in [0, 0.1) is 6.92 Å². The molecule has 0 spiro atoms. The largest absolute Gasteiger partial charge is 0.497 e. The predicted octanol–water partition coefficient (Wildman–Crippen LogP) is 2.44. The SMILES string of the molecule is COc1ccc2ccnc(-n3cc(C(=O)O)c(C)n3)c2c1. The van der Waals surface area contributed by atoms with E-state index < -0.39 is 5.97 Å². The molecule has 0 aliphatic rings. The van der Waals surface area contributed by atoms with Crippen molar-refractivity contribution in [3.8, 4) is 11.6 Å². The minimum absolute atomic E-state index is 0.164. The highest BCUT2D eigenvalue weighted by molar-refractivity contribution is 5.91. The molecule has 0 aliphatic heterocycles. The van der Waals surface area contributed by atoms with Gasteiger partial charge in [0.1, 0.15) is 11.3 Å². The van der Waals surface area contributed by atoms with Crippen molar-refractivity contribution in [2.45, 2.75) is 6.92 Å². The number of carbonyl (C=O) groups is 1. The third-order valence-electron chi connectivity index (χ3n) is 3.30. The van der Waals surface area contributed by atoms with E-state index in [1.54, 1.807) is 20.2 Å². The number of aromatic carboxylic acids is 1. The number of fused-ring (bicyclic) bond motifs is 1. The first-order valence-electron chi connectivity index (χ1n) is 6.33. The Hall–Kier alpha value is -2.89. The van der Waals surface area contributed by atoms with Gasteiger partial charge in [0, 0.05) is 17.8 Å². The number of benzene rings is 1. The lowest BCUT2D eigenvalue weighted by atomic mass is 10.1. The summed E-state index contributed by atoms with van der Waals surface area (Å²) in [5.74, 6) is 0.276. The Labute approximate surface area is 120 Å². The van der Waals surface area contributed by atoms with Crippen molar-refractivity contribution in [3.05, 3.63) is 47.9 Å². The van der Waals surface area contributed by atoms with Gasteiger partial charge in [0.15, 0.2) is 5.82 Å². The van der Waals surface area contributed by atoms with Gasteiger partial charge in [0.05, 0.1) is 12.8 Å². The van der Waals surface area contributed by atoms with Gasteiger partial charge in [0.25, 0.3) is 0 Å². The highest BCUT2D eigenvalue weighted by Crippen LogP contribution is 2.25. The van der Waals surface area contributed by atoms with Crippen molar-refractivity contribution in [2.75, 3.05) is 7.11 Å². The number of carboxylic acid groups (broad SMARTS) is 1. The van der Waals surface area contributed by atoms with Crippen molar-refractivity contribution < 1.29 is 14.6 Å². The zero-order chi connectivity index (χ0) is 15.0. The van der Waals surface area contributed by atoms with E-state index in [9.17, 15) is 4.79 Å². The van der Waals surface area contributed by atoms with Crippen LogP contribution in [0.25, 0.3) is 16.6 Å². The number of pyridine rings is 1. The van der Waals surface area contributed by atoms with Crippen LogP contribution in [0.15, 0.2) is 36.7 Å². The lowest BCUT2D eigenvalue weighted by Crippen LogP contribution is -1.99. The molecule has 2 aromatic heterocycles. The Kier molecular flexibility index (Phi) is 3.06. The summed E-state index contributed by atoms with van der Waals surface area (Å²) >= 11 is 0. The van der Waals surface area contributed by atoms with Crippen LogP contribution >= 0.6 is 0 Å². The maximum Gasteiger partial charge on any atom is 0.339 e. The lowest BCUT2D eigenvalue weighted by Gasteiger charge is -2.07. The van der Waals surface area contributed by atoms with Crippen LogP contribution in [0.5, 0.6) is 5.75 Å². The Bertz CT molecular complexity index is 839. The number of aryl methyl sites for hydroxylation is 1. The van der Waals surface area contributed by atoms with E-state index in [0.717, 1.165) is 10.8 Å². The third kappa shape index (κ3) is 2.20. The average molecular weight is 283 g/mol. The minimum atomic E-state index is -1.00. The molecule has 2 heterocycles. The first kappa shape index (κ1) is 13.1. The fourth-order valence-electron chi connectivity index (χ4n) is 2.22. The molecule has 0 radical (unpaired) electrons. The molecule has 3 aromatic rings. The van der Waals surface area contributed by atoms with Gasteiger partial charge in [-0.25, -0.2) is 14.5 Å². The standard InChI is InChI=1S/C15H13N3O3/c1-9-13(15(19)20)8-18(17-9)14-12-7-11(21-2)4-3-10(12)5-6-16-14/h3-8H,1-2H3,(H,19,20). The second-order valence-electron chi connectivity index (χ2n) is 4.60. The van der Waals surface area contributed by atoms with E-state index in [-0.39, 0.29) is 5.56 Å². The Morgan fingerprint density at radius 2 is 2.14 bits per heavy atom. The molecule has 0 saturated carbocycles. The fourth-order valence-corrected chi connectivity index (χ4v) is 2.22. The molecule has 0 bridgehead atoms. The summed E-state index contributed by atoms with van der Waals surface area (Å²) in [7, 11) is 1.60. The number of carboxylic acids is 1. The Morgan fingerprint density at radius 3 is 2.81 bits per heavy atom. The van der Waals surface area contributed by atoms with Gasteiger partial charge >= 0.3 is 5.97 Å². The van der Waals surface area contributed by atoms with Crippen LogP contribution in [0.4, 0.5) is 0 Å². The first-order chi connectivity index (χ1) is 10.1. The molecule has 106 valence electrons. The third-order valence-corrected chi connectivity index (χ3v) is 3.30. The Balaban J connectivity index is 2.24. The smallest absolute Gasteiger partial charge is 0.339 e. The van der Waals surface area contributed by atoms with Crippen LogP contribution in [-0.2, 0) is 0 Å². The highest BCUT2D eigenvalue weighted by atomic mass is 16.5. The molecule has 1 N–H and O–H groups in total. The van der Waals surface area contributed by atoms with Gasteiger partial charge in [-0.3, -0.25) is 0 Å². The number of methoxy groups -OCH3 is 1. The molecule has 1 aromatic carbocycles. The van der Waals surface area contributed by atoms with Crippen LogP contribution in [0.3, 0.4) is 0 Å². The van der Waals surface area contributed by atoms with Crippen molar-refractivity contribution >= 4 is 16.7 Å². The zero-order valence-electron chi connectivity index (χ0n) is 11.6. The van der Waals surface area contributed by atoms with Crippen molar-refractivity contribution in [1.82, 2.24) is 14.8 Å². The number of hydrogen-bond donors (Lipinski definition) is 1. The van der Waals surface area contributed by atoms with Crippen molar-refractivity contribution in [1.29, 1.82) is 0 Å². The molecule has 3 rings (SSSR count). The topological polar surface area (TPSA) is 77.2 Å². The molecule has 0 aliphatic carbocycles. The van der Waals surface area contributed by atoms with E-state index in [0.29, 0.717) is 17.3 Å². The van der Waals surface area contributed by atoms with Crippen LogP contribution < -0.4 is 4.74 Å². The normalized spacial score (nSPS) is 10.8. The van der Waals surface area contributed by atoms with Crippen LogP contribution in [0.2, 0.25) is 0 Å². The maximum atomic E-state index is 11.1. The first-order valence-corrected chi connectivity index (χ1v) is 6.33. The van der Waals surface area contributed by atoms with Gasteiger partial charge in [-0.2, -0.15) is 5.10 Å². The van der Waals surface area contributed by atoms with Crippen LogP contribution in [-0.4, -0.2) is 33.0 Å². The van der Waals surface area contributed by atoms with Gasteiger partial charge < -0.3 is 9.84 Å². The molecule has 0 amide bonds. The molecular formula is C15H13N3O3. The highest BCUT2D eigenvalue weighted by Gasteiger charge is 2.14. The summed E-state index contributed by atoms with van der Waals surface area (Å²) in [5.41, 5.74) is 0.612. The lowest BCUT2D eigenvalue weighted by molar-refractivity contribution is 0.0696. The quantitative estimate of drug-likeness (QED) is 0.798. The predicted molar refractivity (Wildman–Crippen MR) is 77.1 cm³/mol. The Morgan fingerprint density at radius 1 is 1.33 bits per heavy atom. The molecule has 6 heteroatoms. The second-order valence-corrected chi connectivity index (χ2v) is 4.60. The number of hydrogen-bond acceptors (Lipinski definition) is 4. The van der Waals surface area contributed by atoms with Crippen molar-refractivity contribution in [3.63, 3.8) is 0 Å². The summed E-state index contributed by atoms with van der Waals surface area (Å²) in [6.07, 6.45) is 3.14. The fraction of sp³-hybridized carbons (Fsp3) is 0.133. The molecule has 21 heavy (non-hydrogen) atoms. The van der Waals surface area contributed by atoms with Gasteiger partial charge in [-0.15, -0.1) is 0 Å². The molecule has 0 saturated heterocycles. The molecular weight excluding hydrogens is 270 g/mol. The molecule has 0 unspecified atom stereocenters. The minimum Gasteiger partial charge on any atom is -0.497 e. The van der Waals surface area contributed by atoms with Crippen molar-refractivity contribution in [2.24, 2.45) is 0 Å². The van der Waals surface area contributed by atoms with E-state index in [2.05, 4.69) is 10.1 Å². The molecule has 0 atom stereocenters. The average Bonchev–Trinajstić information content (AvgIpc) is 2.88. The monoisotopic (exact) mass is 283 g/mol. The summed E-state index contributed by atoms with van der Waals surface area (Å²) in [4.78, 5) is 15.5. The number of ether oxygens (including phenoxy) is 1. The van der Waals surface area contributed by atoms with Gasteiger partial charge in [0.2, 0.25) is 0 Å². The summed E-state index contributed by atoms with van der Waals surface area (Å²) in [6, 6.07) is 7.53. The summed E-state index contributed by atoms with van der Waals surface area (Å²) in [6.45, 7) is 1.66. The number of nitrogens with zero attached hydrogens (tertiary/aromatic N) is 3. The number of aromatic nitrogens is 3. The maximum absolute atomic E-state index is 11.1. The molecule has 6 nitrogen and oxygen atoms in total. The number of rotatable bonds is 3. The van der Waals surface area contributed by atoms with Gasteiger partial charge in [-0.05, 0) is 30.5 Å². The second kappa shape index (κ2) is 4.90. The summed E-state index contributed by atoms with van der Waals surface area (Å²) in [5, 5.41) is 15.2. The molecule has 0 fully saturated rings. The van der Waals surface area contributed by atoms with E-state index in [1.165, 1.54) is 10.9 Å². The van der Waals surface area contributed by atoms with E-state index in [4.69, 9.17) is 9.84 Å². The van der Waals surface area contributed by atoms with Crippen LogP contribution in [0.1, 0.15) is 16.1 Å². The van der Waals surface area contributed by atoms with Gasteiger partial charge in [-0.1, -0.05) is 6.07 Å². The van der Waals surface area contributed by atoms with E-state index >= 15 is 0 Å². The summed E-state index contributed by atoms with van der Waals surface area (Å²) < 4.78 is 6.72. The zero-order valence-corrected chi connectivity index (χ0v) is 11.6.